The van der Waals surface area contributed by atoms with Gasteiger partial charge in [-0.25, -0.2) is 0 Å². The second-order valence-electron chi connectivity index (χ2n) is 4.70. The van der Waals surface area contributed by atoms with E-state index in [2.05, 4.69) is 22.6 Å². The molecule has 0 aromatic carbocycles. The van der Waals surface area contributed by atoms with Gasteiger partial charge >= 0.3 is 0 Å². The average molecular weight is 234 g/mol. The van der Waals surface area contributed by atoms with E-state index in [9.17, 15) is 4.79 Å². The van der Waals surface area contributed by atoms with Crippen LogP contribution in [0, 0.1) is 5.92 Å². The van der Waals surface area contributed by atoms with E-state index in [-0.39, 0.29) is 23.9 Å². The summed E-state index contributed by atoms with van der Waals surface area (Å²) in [7, 11) is 2.13. The van der Waals surface area contributed by atoms with Crippen LogP contribution >= 0.6 is 12.4 Å². The van der Waals surface area contributed by atoms with Gasteiger partial charge in [-0.3, -0.25) is 4.79 Å². The Bertz CT molecular complexity index is 249. The maximum atomic E-state index is 11.2. The Labute approximate surface area is 97.2 Å². The van der Waals surface area contributed by atoms with Crippen LogP contribution in [-0.4, -0.2) is 49.6 Å². The fourth-order valence-electron chi connectivity index (χ4n) is 2.92. The highest BCUT2D eigenvalue weighted by atomic mass is 35.5. The van der Waals surface area contributed by atoms with Crippen molar-refractivity contribution in [2.45, 2.75) is 18.9 Å². The first-order valence-corrected chi connectivity index (χ1v) is 5.30. The van der Waals surface area contributed by atoms with Crippen molar-refractivity contribution in [2.75, 3.05) is 33.2 Å². The first-order chi connectivity index (χ1) is 6.62. The summed E-state index contributed by atoms with van der Waals surface area (Å²) in [6.45, 7) is 5.70. The van der Waals surface area contributed by atoms with Crippen molar-refractivity contribution in [3.8, 4) is 0 Å². The molecule has 0 unspecified atom stereocenters. The molecule has 0 saturated carbocycles. The van der Waals surface area contributed by atoms with Crippen molar-refractivity contribution in [1.82, 2.24) is 15.5 Å². The van der Waals surface area contributed by atoms with E-state index in [4.69, 9.17) is 0 Å². The molecule has 5 heteroatoms. The Kier molecular flexibility index (Phi) is 3.98. The number of piperidine rings is 1. The molecule has 2 saturated heterocycles. The summed E-state index contributed by atoms with van der Waals surface area (Å²) >= 11 is 0. The number of hydrogen-bond donors (Lipinski definition) is 2. The number of halogens is 1. The van der Waals surface area contributed by atoms with Gasteiger partial charge in [0.1, 0.15) is 0 Å². The molecule has 1 amide bonds. The second kappa shape index (κ2) is 4.68. The number of nitrogens with one attached hydrogen (secondary N) is 2. The maximum Gasteiger partial charge on any atom is 0.217 e. The van der Waals surface area contributed by atoms with Gasteiger partial charge in [0.25, 0.3) is 0 Å². The van der Waals surface area contributed by atoms with Crippen molar-refractivity contribution >= 4 is 18.3 Å². The standard InChI is InChI=1S/C10H19N3O.ClH/c1-8(14)12-10-6-11-4-3-9(10)5-13(2)7-10;/h9,11H,3-7H2,1-2H3,(H,12,14);1H/t9-,10-;/m1./s1. The number of fused-ring (bicyclic) bond motifs is 1. The molecule has 2 heterocycles. The fraction of sp³-hybridized carbons (Fsp3) is 0.900. The zero-order chi connectivity index (χ0) is 10.2. The van der Waals surface area contributed by atoms with Crippen LogP contribution in [0.3, 0.4) is 0 Å². The third-order valence-corrected chi connectivity index (χ3v) is 3.40. The Balaban J connectivity index is 0.00000112. The number of nitrogens with zero attached hydrogens (tertiary/aromatic N) is 1. The summed E-state index contributed by atoms with van der Waals surface area (Å²) in [6, 6.07) is 0. The summed E-state index contributed by atoms with van der Waals surface area (Å²) in [5.41, 5.74) is -0.00116. The first-order valence-electron chi connectivity index (χ1n) is 5.30. The summed E-state index contributed by atoms with van der Waals surface area (Å²) in [5.74, 6) is 0.714. The minimum atomic E-state index is -0.00116. The topological polar surface area (TPSA) is 44.4 Å². The zero-order valence-corrected chi connectivity index (χ0v) is 10.2. The second-order valence-corrected chi connectivity index (χ2v) is 4.70. The molecular formula is C10H20ClN3O. The lowest BCUT2D eigenvalue weighted by Crippen LogP contribution is -2.62. The maximum absolute atomic E-state index is 11.2. The van der Waals surface area contributed by atoms with E-state index in [1.807, 2.05) is 0 Å². The van der Waals surface area contributed by atoms with Gasteiger partial charge in [0.05, 0.1) is 5.54 Å². The molecule has 2 aliphatic heterocycles. The Morgan fingerprint density at radius 1 is 1.60 bits per heavy atom. The lowest BCUT2D eigenvalue weighted by atomic mass is 9.82. The van der Waals surface area contributed by atoms with Crippen molar-refractivity contribution in [1.29, 1.82) is 0 Å². The predicted octanol–water partition coefficient (Wildman–Crippen LogP) is -0.162. The van der Waals surface area contributed by atoms with Crippen LogP contribution < -0.4 is 10.6 Å². The number of likely N-dealkylation sites (N-methyl/N-ethyl adjacent to an activating group) is 1. The highest BCUT2D eigenvalue weighted by Gasteiger charge is 2.47. The molecule has 0 aliphatic carbocycles. The van der Waals surface area contributed by atoms with E-state index in [0.29, 0.717) is 5.92 Å². The van der Waals surface area contributed by atoms with E-state index in [1.54, 1.807) is 6.92 Å². The van der Waals surface area contributed by atoms with Gasteiger partial charge in [0.2, 0.25) is 5.91 Å². The molecule has 2 atom stereocenters. The van der Waals surface area contributed by atoms with E-state index in [1.165, 1.54) is 6.42 Å². The SMILES string of the molecule is CC(=O)N[C@@]12CNCC[C@@H]1CN(C)C2.Cl. The molecule has 2 aliphatic rings. The van der Waals surface area contributed by atoms with Gasteiger partial charge in [-0.2, -0.15) is 0 Å². The van der Waals surface area contributed by atoms with Crippen molar-refractivity contribution in [2.24, 2.45) is 5.92 Å². The molecule has 0 bridgehead atoms. The van der Waals surface area contributed by atoms with Crippen molar-refractivity contribution in [3.05, 3.63) is 0 Å². The molecule has 0 aromatic rings. The summed E-state index contributed by atoms with van der Waals surface area (Å²) in [4.78, 5) is 13.5. The van der Waals surface area contributed by atoms with Crippen molar-refractivity contribution < 1.29 is 4.79 Å². The first kappa shape index (κ1) is 12.7. The van der Waals surface area contributed by atoms with Crippen LogP contribution in [0.1, 0.15) is 13.3 Å². The van der Waals surface area contributed by atoms with Gasteiger partial charge < -0.3 is 15.5 Å². The largest absolute Gasteiger partial charge is 0.348 e. The quantitative estimate of drug-likeness (QED) is 0.662. The smallest absolute Gasteiger partial charge is 0.217 e. The average Bonchev–Trinajstić information content (AvgIpc) is 2.38. The number of amides is 1. The molecular weight excluding hydrogens is 214 g/mol. The molecule has 15 heavy (non-hydrogen) atoms. The van der Waals surface area contributed by atoms with Crippen LogP contribution in [0.15, 0.2) is 0 Å². The normalized spacial score (nSPS) is 35.5. The molecule has 2 fully saturated rings. The Morgan fingerprint density at radius 2 is 2.33 bits per heavy atom. The summed E-state index contributed by atoms with van der Waals surface area (Å²) < 4.78 is 0. The van der Waals surface area contributed by atoms with E-state index < -0.39 is 0 Å². The molecule has 2 rings (SSSR count). The Morgan fingerprint density at radius 3 is 3.00 bits per heavy atom. The van der Waals surface area contributed by atoms with E-state index in [0.717, 1.165) is 26.2 Å². The van der Waals surface area contributed by atoms with Crippen LogP contribution in [0.4, 0.5) is 0 Å². The fourth-order valence-corrected chi connectivity index (χ4v) is 2.92. The minimum Gasteiger partial charge on any atom is -0.348 e. The highest BCUT2D eigenvalue weighted by Crippen LogP contribution is 2.31. The van der Waals surface area contributed by atoms with Gasteiger partial charge in [-0.15, -0.1) is 12.4 Å². The van der Waals surface area contributed by atoms with E-state index >= 15 is 0 Å². The van der Waals surface area contributed by atoms with Gasteiger partial charge in [-0.05, 0) is 25.9 Å². The lowest BCUT2D eigenvalue weighted by molar-refractivity contribution is -0.121. The molecule has 0 radical (unpaired) electrons. The van der Waals surface area contributed by atoms with Gasteiger partial charge in [-0.1, -0.05) is 0 Å². The molecule has 88 valence electrons. The molecule has 0 spiro atoms. The zero-order valence-electron chi connectivity index (χ0n) is 9.38. The van der Waals surface area contributed by atoms with Gasteiger partial charge in [0.15, 0.2) is 0 Å². The van der Waals surface area contributed by atoms with Crippen LogP contribution in [0.2, 0.25) is 0 Å². The third kappa shape index (κ3) is 2.44. The lowest BCUT2D eigenvalue weighted by Gasteiger charge is -2.39. The molecule has 4 nitrogen and oxygen atoms in total. The van der Waals surface area contributed by atoms with Crippen LogP contribution in [-0.2, 0) is 4.79 Å². The number of likely N-dealkylation sites (tertiary alicyclic amines) is 1. The minimum absolute atomic E-state index is 0. The number of carbonyl (C=O) groups excluding carboxylic acids is 1. The molecule has 2 N–H and O–H groups in total. The van der Waals surface area contributed by atoms with Crippen LogP contribution in [0.5, 0.6) is 0 Å². The third-order valence-electron chi connectivity index (χ3n) is 3.40. The number of carbonyl (C=O) groups is 1. The number of rotatable bonds is 1. The summed E-state index contributed by atoms with van der Waals surface area (Å²) in [5, 5.41) is 6.53. The Hall–Kier alpha value is -0.320. The van der Waals surface area contributed by atoms with Gasteiger partial charge in [0, 0.05) is 26.6 Å². The monoisotopic (exact) mass is 233 g/mol. The number of hydrogen-bond acceptors (Lipinski definition) is 3. The molecule has 0 aromatic heterocycles. The predicted molar refractivity (Wildman–Crippen MR) is 62.3 cm³/mol. The van der Waals surface area contributed by atoms with Crippen molar-refractivity contribution in [3.63, 3.8) is 0 Å². The highest BCUT2D eigenvalue weighted by molar-refractivity contribution is 5.85. The van der Waals surface area contributed by atoms with Crippen LogP contribution in [0.25, 0.3) is 0 Å². The summed E-state index contributed by atoms with van der Waals surface area (Å²) in [6.07, 6.45) is 1.17.